The summed E-state index contributed by atoms with van der Waals surface area (Å²) < 4.78 is 34.5. The Balaban J connectivity index is 2.04. The Hall–Kier alpha value is -2.08. The zero-order chi connectivity index (χ0) is 23.5. The van der Waals surface area contributed by atoms with E-state index >= 15 is 0 Å². The molecule has 1 heterocycles. The topological polar surface area (TPSA) is 87.2 Å². The van der Waals surface area contributed by atoms with Crippen LogP contribution in [0, 0.1) is 23.7 Å². The highest BCUT2D eigenvalue weighted by molar-refractivity contribution is 7.89. The molecule has 176 valence electrons. The number of sulfonamides is 1. The summed E-state index contributed by atoms with van der Waals surface area (Å²) in [5, 5.41) is 9.71. The number of aliphatic hydroxyl groups excluding tert-OH is 1. The molecular formula is C24H34N2O5S. The van der Waals surface area contributed by atoms with E-state index in [2.05, 4.69) is 11.8 Å². The van der Waals surface area contributed by atoms with Crippen molar-refractivity contribution in [3.8, 4) is 17.6 Å². The van der Waals surface area contributed by atoms with Gasteiger partial charge in [0, 0.05) is 44.0 Å². The lowest BCUT2D eigenvalue weighted by Gasteiger charge is -2.37. The van der Waals surface area contributed by atoms with Crippen molar-refractivity contribution in [3.63, 3.8) is 0 Å². The fourth-order valence-electron chi connectivity index (χ4n) is 4.18. The monoisotopic (exact) mass is 462 g/mol. The smallest absolute Gasteiger partial charge is 0.247 e. The average molecular weight is 463 g/mol. The number of benzene rings is 1. The van der Waals surface area contributed by atoms with Crippen LogP contribution in [-0.2, 0) is 14.8 Å². The fourth-order valence-corrected chi connectivity index (χ4v) is 6.00. The normalized spacial score (nSPS) is 24.3. The minimum atomic E-state index is -3.88. The van der Waals surface area contributed by atoms with Crippen LogP contribution in [0.2, 0.25) is 0 Å². The van der Waals surface area contributed by atoms with Gasteiger partial charge >= 0.3 is 0 Å². The molecule has 1 aliphatic carbocycles. The van der Waals surface area contributed by atoms with Crippen LogP contribution in [0.3, 0.4) is 0 Å². The first-order valence-electron chi connectivity index (χ1n) is 11.3. The SMILES string of the molecule is CC(=O)N(C)C[C@H]1Oc2cc(C#CC3CCCC3)ccc2S(=O)(=O)N([C@H](C)CO)C[C@@H]1C. The number of hydrogen-bond donors (Lipinski definition) is 1. The van der Waals surface area contributed by atoms with Crippen LogP contribution in [0.15, 0.2) is 23.1 Å². The molecule has 0 spiro atoms. The van der Waals surface area contributed by atoms with Gasteiger partial charge in [0.05, 0.1) is 13.2 Å². The summed E-state index contributed by atoms with van der Waals surface area (Å²) in [4.78, 5) is 13.5. The van der Waals surface area contributed by atoms with Gasteiger partial charge in [0.15, 0.2) is 0 Å². The average Bonchev–Trinajstić information content (AvgIpc) is 3.27. The number of nitrogens with zero attached hydrogens (tertiary/aromatic N) is 2. The van der Waals surface area contributed by atoms with Gasteiger partial charge in [0.25, 0.3) is 0 Å². The first-order chi connectivity index (χ1) is 15.1. The Kier molecular flexibility index (Phi) is 7.86. The lowest BCUT2D eigenvalue weighted by atomic mass is 10.0. The van der Waals surface area contributed by atoms with Crippen LogP contribution in [0.25, 0.3) is 0 Å². The Morgan fingerprint density at radius 3 is 2.66 bits per heavy atom. The van der Waals surface area contributed by atoms with Crippen molar-refractivity contribution in [2.45, 2.75) is 63.5 Å². The van der Waals surface area contributed by atoms with Crippen molar-refractivity contribution in [2.75, 3.05) is 26.7 Å². The molecule has 1 aliphatic heterocycles. The predicted molar refractivity (Wildman–Crippen MR) is 123 cm³/mol. The number of amides is 1. The highest BCUT2D eigenvalue weighted by Crippen LogP contribution is 2.34. The van der Waals surface area contributed by atoms with Crippen LogP contribution < -0.4 is 4.74 Å². The molecular weight excluding hydrogens is 428 g/mol. The van der Waals surface area contributed by atoms with Crippen molar-refractivity contribution in [1.29, 1.82) is 0 Å². The molecule has 3 rings (SSSR count). The molecule has 0 bridgehead atoms. The van der Waals surface area contributed by atoms with E-state index < -0.39 is 22.2 Å². The summed E-state index contributed by atoms with van der Waals surface area (Å²) in [5.41, 5.74) is 0.708. The summed E-state index contributed by atoms with van der Waals surface area (Å²) in [5.74, 6) is 6.83. The van der Waals surface area contributed by atoms with Gasteiger partial charge in [-0.25, -0.2) is 8.42 Å². The van der Waals surface area contributed by atoms with Gasteiger partial charge < -0.3 is 14.7 Å². The number of ether oxygens (including phenoxy) is 1. The molecule has 32 heavy (non-hydrogen) atoms. The Bertz CT molecular complexity index is 991. The van der Waals surface area contributed by atoms with Crippen LogP contribution >= 0.6 is 0 Å². The Morgan fingerprint density at radius 2 is 2.03 bits per heavy atom. The molecule has 0 aromatic heterocycles. The second-order valence-corrected chi connectivity index (χ2v) is 10.9. The minimum Gasteiger partial charge on any atom is -0.487 e. The molecule has 3 atom stereocenters. The van der Waals surface area contributed by atoms with E-state index in [1.807, 2.05) is 6.92 Å². The number of rotatable bonds is 4. The number of hydrogen-bond acceptors (Lipinski definition) is 5. The molecule has 1 saturated carbocycles. The maximum absolute atomic E-state index is 13.5. The fraction of sp³-hybridized carbons (Fsp3) is 0.625. The Labute approximate surface area is 191 Å². The van der Waals surface area contributed by atoms with Crippen LogP contribution in [0.1, 0.15) is 52.0 Å². The molecule has 1 aromatic carbocycles. The van der Waals surface area contributed by atoms with Crippen molar-refractivity contribution in [3.05, 3.63) is 23.8 Å². The highest BCUT2D eigenvalue weighted by Gasteiger charge is 2.38. The van der Waals surface area contributed by atoms with Gasteiger partial charge in [-0.05, 0) is 38.0 Å². The van der Waals surface area contributed by atoms with E-state index in [1.54, 1.807) is 37.1 Å². The lowest BCUT2D eigenvalue weighted by Crippen LogP contribution is -2.50. The first-order valence-corrected chi connectivity index (χ1v) is 12.7. The van der Waals surface area contributed by atoms with E-state index in [0.717, 1.165) is 12.8 Å². The molecule has 0 radical (unpaired) electrons. The summed E-state index contributed by atoms with van der Waals surface area (Å²) in [7, 11) is -2.18. The number of likely N-dealkylation sites (N-methyl/N-ethyl adjacent to an activating group) is 1. The van der Waals surface area contributed by atoms with Crippen molar-refractivity contribution < 1.29 is 23.1 Å². The molecule has 0 unspecified atom stereocenters. The first kappa shape index (κ1) is 24.6. The second kappa shape index (κ2) is 10.2. The molecule has 2 aliphatic rings. The molecule has 1 N–H and O–H groups in total. The summed E-state index contributed by atoms with van der Waals surface area (Å²) in [6.45, 7) is 5.30. The maximum atomic E-state index is 13.5. The van der Waals surface area contributed by atoms with E-state index in [0.29, 0.717) is 18.0 Å². The minimum absolute atomic E-state index is 0.0617. The van der Waals surface area contributed by atoms with Gasteiger partial charge in [-0.1, -0.05) is 31.6 Å². The molecule has 8 heteroatoms. The molecule has 1 fully saturated rings. The predicted octanol–water partition coefficient (Wildman–Crippen LogP) is 2.48. The third kappa shape index (κ3) is 5.45. The number of aliphatic hydroxyl groups is 1. The standard InChI is InChI=1S/C24H34N2O5S/c1-17-14-26(18(2)16-27)32(29,30)24-12-11-21(10-9-20-7-5-6-8-20)13-22(24)31-23(17)15-25(4)19(3)28/h11-13,17-18,20,23,27H,5-8,14-16H2,1-4H3/t17-,18+,23+/m0/s1. The summed E-state index contributed by atoms with van der Waals surface area (Å²) in [6, 6.07) is 4.37. The Morgan fingerprint density at radius 1 is 1.34 bits per heavy atom. The zero-order valence-corrected chi connectivity index (χ0v) is 20.2. The molecule has 0 saturated heterocycles. The van der Waals surface area contributed by atoms with Gasteiger partial charge in [0.2, 0.25) is 15.9 Å². The van der Waals surface area contributed by atoms with Gasteiger partial charge in [-0.2, -0.15) is 4.31 Å². The van der Waals surface area contributed by atoms with Crippen LogP contribution in [-0.4, -0.2) is 67.5 Å². The number of carbonyl (C=O) groups is 1. The lowest BCUT2D eigenvalue weighted by molar-refractivity contribution is -0.129. The third-order valence-corrected chi connectivity index (χ3v) is 8.45. The third-order valence-electron chi connectivity index (χ3n) is 6.43. The summed E-state index contributed by atoms with van der Waals surface area (Å²) >= 11 is 0. The van der Waals surface area contributed by atoms with Gasteiger partial charge in [0.1, 0.15) is 16.7 Å². The maximum Gasteiger partial charge on any atom is 0.247 e. The number of fused-ring (bicyclic) bond motifs is 1. The zero-order valence-electron chi connectivity index (χ0n) is 19.4. The quantitative estimate of drug-likeness (QED) is 0.695. The van der Waals surface area contributed by atoms with Crippen LogP contribution in [0.5, 0.6) is 5.75 Å². The van der Waals surface area contributed by atoms with Crippen molar-refractivity contribution in [1.82, 2.24) is 9.21 Å². The van der Waals surface area contributed by atoms with E-state index in [4.69, 9.17) is 4.74 Å². The number of carbonyl (C=O) groups excluding carboxylic acids is 1. The van der Waals surface area contributed by atoms with Crippen LogP contribution in [0.4, 0.5) is 0 Å². The molecule has 7 nitrogen and oxygen atoms in total. The van der Waals surface area contributed by atoms with E-state index in [-0.39, 0.29) is 35.6 Å². The molecule has 1 amide bonds. The highest BCUT2D eigenvalue weighted by atomic mass is 32.2. The largest absolute Gasteiger partial charge is 0.487 e. The van der Waals surface area contributed by atoms with Gasteiger partial charge in [-0.15, -0.1) is 0 Å². The van der Waals surface area contributed by atoms with Crippen molar-refractivity contribution in [2.24, 2.45) is 11.8 Å². The molecule has 1 aromatic rings. The van der Waals surface area contributed by atoms with Gasteiger partial charge in [-0.3, -0.25) is 4.79 Å². The van der Waals surface area contributed by atoms with Crippen molar-refractivity contribution >= 4 is 15.9 Å². The second-order valence-electron chi connectivity index (χ2n) is 9.05. The van der Waals surface area contributed by atoms with E-state index in [9.17, 15) is 18.3 Å². The summed E-state index contributed by atoms with van der Waals surface area (Å²) in [6.07, 6.45) is 4.20. The van der Waals surface area contributed by atoms with E-state index in [1.165, 1.54) is 24.1 Å².